The average Bonchev–Trinajstić information content (AvgIpc) is 3.43. The maximum atomic E-state index is 14.3. The van der Waals surface area contributed by atoms with Crippen LogP contribution in [0.1, 0.15) is 76.2 Å². The lowest BCUT2D eigenvalue weighted by Gasteiger charge is -2.51. The van der Waals surface area contributed by atoms with Gasteiger partial charge in [0.15, 0.2) is 0 Å². The third-order valence-electron chi connectivity index (χ3n) is 11.6. The zero-order valence-electron chi connectivity index (χ0n) is 23.0. The van der Waals surface area contributed by atoms with E-state index in [0.29, 0.717) is 6.42 Å². The largest absolute Gasteiger partial charge is 0.279 e. The number of imide groups is 2. The number of hydrogen-bond donors (Lipinski definition) is 0. The third kappa shape index (κ3) is 3.34. The van der Waals surface area contributed by atoms with Crippen LogP contribution >= 0.6 is 0 Å². The van der Waals surface area contributed by atoms with E-state index < -0.39 is 11.8 Å². The van der Waals surface area contributed by atoms with E-state index in [1.165, 1.54) is 12.0 Å². The van der Waals surface area contributed by atoms with Crippen molar-refractivity contribution >= 4 is 29.2 Å². The van der Waals surface area contributed by atoms with Gasteiger partial charge in [0.05, 0.1) is 23.7 Å². The number of carbonyl (C=O) groups is 4. The summed E-state index contributed by atoms with van der Waals surface area (Å²) in [6, 6.07) is 10.2. The van der Waals surface area contributed by atoms with Crippen molar-refractivity contribution in [2.45, 2.75) is 82.7 Å². The maximum Gasteiger partial charge on any atom is 0.234 e. The highest BCUT2D eigenvalue weighted by molar-refractivity contribution is 6.09. The van der Waals surface area contributed by atoms with E-state index in [1.54, 1.807) is 9.80 Å². The molecule has 2 saturated heterocycles. The predicted octanol–water partition coefficient (Wildman–Crippen LogP) is 5.14. The Morgan fingerprint density at radius 3 is 1.80 bits per heavy atom. The number of carbonyl (C=O) groups excluding carboxylic acids is 4. The summed E-state index contributed by atoms with van der Waals surface area (Å²) in [6.45, 7) is 0. The van der Waals surface area contributed by atoms with Crippen LogP contribution in [0.4, 0.5) is 0 Å². The van der Waals surface area contributed by atoms with E-state index in [-0.39, 0.29) is 65.3 Å². The zero-order chi connectivity index (χ0) is 27.1. The van der Waals surface area contributed by atoms with Crippen molar-refractivity contribution in [3.05, 3.63) is 53.6 Å². The van der Waals surface area contributed by atoms with Gasteiger partial charge in [-0.05, 0) is 49.2 Å². The standard InChI is InChI=1S/C34H38N2O4/c37-31-25-18-24(19-10-4-1-5-11-19)26-22-16-17-23(27(26)30(25)34(40)35(31)20-12-6-2-7-13-20)29-28(22)32(38)36(33(29)39)21-14-8-3-9-15-21/h1,4-5,10-11,16-17,20-23,25,27-30H,2-3,6-9,12-15,18H2/t22-,23-,25-,27-,28-,29+,30-/m1/s1. The molecule has 6 aliphatic carbocycles. The van der Waals surface area contributed by atoms with Crippen LogP contribution in [0.5, 0.6) is 0 Å². The first-order valence-corrected chi connectivity index (χ1v) is 15.8. The molecule has 3 saturated carbocycles. The Morgan fingerprint density at radius 1 is 0.575 bits per heavy atom. The SMILES string of the molecule is O=C1[C@H]2[C@@H]3C=C[C@H](C4=C(c5ccccc5)C[C@H]5C(=O)N(C6CCCCC6)C(=O)[C@H]5[C@@H]43)[C@H]2C(=O)N1C1CCCCC1. The zero-order valence-corrected chi connectivity index (χ0v) is 23.0. The van der Waals surface area contributed by atoms with Gasteiger partial charge in [-0.25, -0.2) is 0 Å². The normalized spacial score (nSPS) is 37.9. The summed E-state index contributed by atoms with van der Waals surface area (Å²) < 4.78 is 0. The summed E-state index contributed by atoms with van der Waals surface area (Å²) in [5.41, 5.74) is 3.38. The van der Waals surface area contributed by atoms with Crippen molar-refractivity contribution in [1.82, 2.24) is 9.80 Å². The van der Waals surface area contributed by atoms with Gasteiger partial charge in [0.25, 0.3) is 0 Å². The summed E-state index contributed by atoms with van der Waals surface area (Å²) in [6.07, 6.45) is 15.0. The molecule has 2 bridgehead atoms. The molecule has 9 rings (SSSR count). The molecule has 8 aliphatic rings. The predicted molar refractivity (Wildman–Crippen MR) is 149 cm³/mol. The highest BCUT2D eigenvalue weighted by Crippen LogP contribution is 2.63. The minimum atomic E-state index is -0.429. The van der Waals surface area contributed by atoms with E-state index in [2.05, 4.69) is 24.3 Å². The molecule has 2 heterocycles. The molecule has 0 aromatic heterocycles. The molecule has 208 valence electrons. The molecule has 0 radical (unpaired) electrons. The van der Waals surface area contributed by atoms with Crippen LogP contribution in [0, 0.1) is 41.4 Å². The molecule has 40 heavy (non-hydrogen) atoms. The summed E-state index contributed by atoms with van der Waals surface area (Å²) >= 11 is 0. The quantitative estimate of drug-likeness (QED) is 0.394. The summed E-state index contributed by atoms with van der Waals surface area (Å²) in [7, 11) is 0. The number of nitrogens with zero attached hydrogens (tertiary/aromatic N) is 2. The van der Waals surface area contributed by atoms with Gasteiger partial charge >= 0.3 is 0 Å². The number of allylic oxidation sites excluding steroid dienone is 4. The Balaban J connectivity index is 1.24. The lowest BCUT2D eigenvalue weighted by atomic mass is 9.49. The first-order valence-electron chi connectivity index (χ1n) is 15.8. The van der Waals surface area contributed by atoms with Gasteiger partial charge in [0.2, 0.25) is 23.6 Å². The molecule has 0 unspecified atom stereocenters. The maximum absolute atomic E-state index is 14.3. The topological polar surface area (TPSA) is 74.8 Å². The van der Waals surface area contributed by atoms with Crippen molar-refractivity contribution < 1.29 is 19.2 Å². The fourth-order valence-electron chi connectivity index (χ4n) is 9.96. The van der Waals surface area contributed by atoms with Gasteiger partial charge < -0.3 is 0 Å². The fraction of sp³-hybridized carbons (Fsp3) is 0.588. The molecular weight excluding hydrogens is 500 g/mol. The Labute approximate surface area is 235 Å². The molecule has 2 aliphatic heterocycles. The van der Waals surface area contributed by atoms with Crippen LogP contribution in [0.25, 0.3) is 5.57 Å². The Bertz CT molecular complexity index is 1330. The molecule has 0 N–H and O–H groups in total. The van der Waals surface area contributed by atoms with E-state index in [4.69, 9.17) is 0 Å². The van der Waals surface area contributed by atoms with Crippen LogP contribution in [-0.2, 0) is 19.2 Å². The van der Waals surface area contributed by atoms with Gasteiger partial charge in [-0.2, -0.15) is 0 Å². The molecule has 6 heteroatoms. The second-order valence-electron chi connectivity index (χ2n) is 13.4. The molecule has 0 spiro atoms. The molecule has 4 amide bonds. The third-order valence-corrected chi connectivity index (χ3v) is 11.6. The van der Waals surface area contributed by atoms with Crippen molar-refractivity contribution in [2.24, 2.45) is 41.4 Å². The van der Waals surface area contributed by atoms with Crippen molar-refractivity contribution in [1.29, 1.82) is 0 Å². The molecule has 6 nitrogen and oxygen atoms in total. The Kier molecular flexibility index (Phi) is 5.72. The van der Waals surface area contributed by atoms with Gasteiger partial charge in [-0.1, -0.05) is 86.6 Å². The van der Waals surface area contributed by atoms with Gasteiger partial charge in [-0.3, -0.25) is 29.0 Å². The van der Waals surface area contributed by atoms with Gasteiger partial charge in [0.1, 0.15) is 0 Å². The average molecular weight is 539 g/mol. The molecule has 1 aromatic carbocycles. The summed E-state index contributed by atoms with van der Waals surface area (Å²) in [4.78, 5) is 59.8. The van der Waals surface area contributed by atoms with E-state index >= 15 is 0 Å². The second kappa shape index (κ2) is 9.25. The van der Waals surface area contributed by atoms with Gasteiger partial charge in [-0.15, -0.1) is 0 Å². The number of fused-ring (bicyclic) bond motifs is 1. The minimum Gasteiger partial charge on any atom is -0.279 e. The Morgan fingerprint density at radius 2 is 1.15 bits per heavy atom. The number of rotatable bonds is 3. The first-order chi connectivity index (χ1) is 19.6. The lowest BCUT2D eigenvalue weighted by molar-refractivity contribution is -0.145. The second-order valence-corrected chi connectivity index (χ2v) is 13.4. The molecule has 1 aromatic rings. The molecule has 5 fully saturated rings. The van der Waals surface area contributed by atoms with E-state index in [9.17, 15) is 19.2 Å². The van der Waals surface area contributed by atoms with Crippen LogP contribution in [0.2, 0.25) is 0 Å². The lowest BCUT2D eigenvalue weighted by Crippen LogP contribution is -2.51. The molecular formula is C34H38N2O4. The van der Waals surface area contributed by atoms with Crippen LogP contribution in [0.3, 0.4) is 0 Å². The number of benzene rings is 1. The number of amides is 4. The number of likely N-dealkylation sites (tertiary alicyclic amines) is 2. The van der Waals surface area contributed by atoms with Crippen LogP contribution in [-0.4, -0.2) is 45.5 Å². The fourth-order valence-corrected chi connectivity index (χ4v) is 9.96. The summed E-state index contributed by atoms with van der Waals surface area (Å²) in [5, 5.41) is 0. The van der Waals surface area contributed by atoms with Crippen molar-refractivity contribution in [3.8, 4) is 0 Å². The van der Waals surface area contributed by atoms with E-state index in [0.717, 1.165) is 68.9 Å². The monoisotopic (exact) mass is 538 g/mol. The Hall–Kier alpha value is -3.02. The van der Waals surface area contributed by atoms with Crippen molar-refractivity contribution in [3.63, 3.8) is 0 Å². The smallest absolute Gasteiger partial charge is 0.234 e. The summed E-state index contributed by atoms with van der Waals surface area (Å²) in [5.74, 6) is -2.26. The van der Waals surface area contributed by atoms with Crippen molar-refractivity contribution in [2.75, 3.05) is 0 Å². The van der Waals surface area contributed by atoms with Crippen LogP contribution < -0.4 is 0 Å². The number of hydrogen-bond acceptors (Lipinski definition) is 4. The molecule has 7 atom stereocenters. The van der Waals surface area contributed by atoms with Gasteiger partial charge in [0, 0.05) is 23.9 Å². The van der Waals surface area contributed by atoms with Crippen LogP contribution in [0.15, 0.2) is 48.1 Å². The van der Waals surface area contributed by atoms with E-state index in [1.807, 2.05) is 18.2 Å². The first kappa shape index (κ1) is 24.8. The minimum absolute atomic E-state index is 0.000563. The highest BCUT2D eigenvalue weighted by Gasteiger charge is 2.67. The highest BCUT2D eigenvalue weighted by atomic mass is 16.2.